The van der Waals surface area contributed by atoms with E-state index in [0.717, 1.165) is 24.5 Å². The highest BCUT2D eigenvalue weighted by atomic mass is 35.5. The summed E-state index contributed by atoms with van der Waals surface area (Å²) in [7, 11) is 0. The van der Waals surface area contributed by atoms with Gasteiger partial charge in [0.2, 0.25) is 0 Å². The highest BCUT2D eigenvalue weighted by Gasteiger charge is 2.11. The summed E-state index contributed by atoms with van der Waals surface area (Å²) >= 11 is 6.23. The number of hydrogen-bond acceptors (Lipinski definition) is 3. The van der Waals surface area contributed by atoms with Crippen LogP contribution in [0.5, 0.6) is 0 Å². The van der Waals surface area contributed by atoms with Crippen LogP contribution in [-0.2, 0) is 13.2 Å². The van der Waals surface area contributed by atoms with Crippen LogP contribution in [0.1, 0.15) is 18.1 Å². The van der Waals surface area contributed by atoms with Crippen molar-refractivity contribution in [2.45, 2.75) is 20.1 Å². The molecule has 0 fully saturated rings. The van der Waals surface area contributed by atoms with E-state index in [-0.39, 0.29) is 6.61 Å². The van der Waals surface area contributed by atoms with Gasteiger partial charge in [0, 0.05) is 19.3 Å². The Morgan fingerprint density at radius 3 is 2.53 bits per heavy atom. The van der Waals surface area contributed by atoms with Gasteiger partial charge in [-0.05, 0) is 24.1 Å². The molecule has 3 nitrogen and oxygen atoms in total. The number of rotatable bonds is 5. The number of anilines is 1. The molecule has 4 heteroatoms. The van der Waals surface area contributed by atoms with E-state index in [1.807, 2.05) is 18.2 Å². The molecule has 0 aliphatic carbocycles. The molecule has 0 atom stereocenters. The summed E-state index contributed by atoms with van der Waals surface area (Å²) in [6.45, 7) is 3.61. The van der Waals surface area contributed by atoms with Gasteiger partial charge in [0.05, 0.1) is 11.6 Å². The monoisotopic (exact) mass is 276 g/mol. The maximum atomic E-state index is 9.07. The third kappa shape index (κ3) is 3.46. The normalized spacial score (nSPS) is 10.5. The zero-order chi connectivity index (χ0) is 13.7. The van der Waals surface area contributed by atoms with Crippen LogP contribution in [0, 0.1) is 0 Å². The number of aromatic nitrogens is 1. The van der Waals surface area contributed by atoms with Crippen LogP contribution < -0.4 is 4.90 Å². The van der Waals surface area contributed by atoms with Crippen LogP contribution in [0.2, 0.25) is 5.02 Å². The first-order chi connectivity index (χ1) is 9.24. The summed E-state index contributed by atoms with van der Waals surface area (Å²) < 4.78 is 0. The number of hydrogen-bond donors (Lipinski definition) is 1. The highest BCUT2D eigenvalue weighted by molar-refractivity contribution is 6.33. The first-order valence-corrected chi connectivity index (χ1v) is 6.66. The van der Waals surface area contributed by atoms with Crippen LogP contribution in [0.4, 0.5) is 5.82 Å². The van der Waals surface area contributed by atoms with Gasteiger partial charge >= 0.3 is 0 Å². The largest absolute Gasteiger partial charge is 0.392 e. The minimum absolute atomic E-state index is 0.0438. The number of nitrogens with zero attached hydrogens (tertiary/aromatic N) is 2. The molecule has 19 heavy (non-hydrogen) atoms. The molecule has 0 bridgehead atoms. The number of halogens is 1. The summed E-state index contributed by atoms with van der Waals surface area (Å²) in [5.74, 6) is 0.755. The van der Waals surface area contributed by atoms with Crippen LogP contribution in [0.3, 0.4) is 0 Å². The SMILES string of the molecule is CCN(Cc1ccccc1)c1ncc(CO)cc1Cl. The van der Waals surface area contributed by atoms with Gasteiger partial charge in [-0.25, -0.2) is 4.98 Å². The first kappa shape index (κ1) is 13.8. The smallest absolute Gasteiger partial charge is 0.147 e. The van der Waals surface area contributed by atoms with Crippen LogP contribution in [0.15, 0.2) is 42.6 Å². The second kappa shape index (κ2) is 6.55. The Morgan fingerprint density at radius 2 is 1.95 bits per heavy atom. The molecule has 1 heterocycles. The second-order valence-electron chi connectivity index (χ2n) is 4.31. The molecule has 0 amide bonds. The fourth-order valence-electron chi connectivity index (χ4n) is 1.93. The van der Waals surface area contributed by atoms with Crippen LogP contribution >= 0.6 is 11.6 Å². The zero-order valence-corrected chi connectivity index (χ0v) is 11.6. The van der Waals surface area contributed by atoms with E-state index in [1.54, 1.807) is 12.3 Å². The first-order valence-electron chi connectivity index (χ1n) is 6.28. The predicted octanol–water partition coefficient (Wildman–Crippen LogP) is 3.25. The van der Waals surface area contributed by atoms with Crippen molar-refractivity contribution >= 4 is 17.4 Å². The highest BCUT2D eigenvalue weighted by Crippen LogP contribution is 2.25. The Balaban J connectivity index is 2.22. The fourth-order valence-corrected chi connectivity index (χ4v) is 2.24. The molecule has 0 spiro atoms. The van der Waals surface area contributed by atoms with Crippen LogP contribution in [0.25, 0.3) is 0 Å². The standard InChI is InChI=1S/C15H17ClN2O/c1-2-18(10-12-6-4-3-5-7-12)15-14(16)8-13(11-19)9-17-15/h3-9,19H,2,10-11H2,1H3. The van der Waals surface area contributed by atoms with E-state index < -0.39 is 0 Å². The molecule has 0 saturated carbocycles. The van der Waals surface area contributed by atoms with Gasteiger partial charge in [0.25, 0.3) is 0 Å². The fraction of sp³-hybridized carbons (Fsp3) is 0.267. The van der Waals surface area contributed by atoms with Crippen molar-refractivity contribution in [3.05, 3.63) is 58.7 Å². The van der Waals surface area contributed by atoms with E-state index in [4.69, 9.17) is 16.7 Å². The molecular weight excluding hydrogens is 260 g/mol. The summed E-state index contributed by atoms with van der Waals surface area (Å²) in [6, 6.07) is 12.0. The number of aliphatic hydroxyl groups is 1. The van der Waals surface area contributed by atoms with Crippen molar-refractivity contribution in [2.75, 3.05) is 11.4 Å². The Kier molecular flexibility index (Phi) is 4.77. The van der Waals surface area contributed by atoms with Gasteiger partial charge in [0.1, 0.15) is 5.82 Å². The van der Waals surface area contributed by atoms with E-state index in [9.17, 15) is 0 Å². The van der Waals surface area contributed by atoms with Crippen molar-refractivity contribution in [2.24, 2.45) is 0 Å². The Bertz CT molecular complexity index is 531. The van der Waals surface area contributed by atoms with Crippen molar-refractivity contribution in [3.63, 3.8) is 0 Å². The lowest BCUT2D eigenvalue weighted by Crippen LogP contribution is -2.23. The topological polar surface area (TPSA) is 36.4 Å². The van der Waals surface area contributed by atoms with Gasteiger partial charge in [-0.3, -0.25) is 0 Å². The molecule has 2 rings (SSSR count). The third-order valence-corrected chi connectivity index (χ3v) is 3.24. The molecule has 0 aliphatic rings. The number of benzene rings is 1. The maximum absolute atomic E-state index is 9.07. The van der Waals surface area contributed by atoms with Gasteiger partial charge in [0.15, 0.2) is 0 Å². The summed E-state index contributed by atoms with van der Waals surface area (Å²) in [6.07, 6.45) is 1.66. The molecule has 1 N–H and O–H groups in total. The van der Waals surface area contributed by atoms with Gasteiger partial charge in [-0.2, -0.15) is 0 Å². The second-order valence-corrected chi connectivity index (χ2v) is 4.71. The van der Waals surface area contributed by atoms with Gasteiger partial charge in [-0.1, -0.05) is 41.9 Å². The van der Waals surface area contributed by atoms with Crippen molar-refractivity contribution in [1.29, 1.82) is 0 Å². The van der Waals surface area contributed by atoms with E-state index in [1.165, 1.54) is 5.56 Å². The summed E-state index contributed by atoms with van der Waals surface area (Å²) in [5, 5.41) is 9.65. The molecule has 100 valence electrons. The maximum Gasteiger partial charge on any atom is 0.147 e. The van der Waals surface area contributed by atoms with Gasteiger partial charge < -0.3 is 10.0 Å². The van der Waals surface area contributed by atoms with Gasteiger partial charge in [-0.15, -0.1) is 0 Å². The minimum atomic E-state index is -0.0438. The molecule has 0 radical (unpaired) electrons. The number of pyridine rings is 1. The van der Waals surface area contributed by atoms with Crippen molar-refractivity contribution < 1.29 is 5.11 Å². The van der Waals surface area contributed by atoms with Crippen molar-refractivity contribution in [3.8, 4) is 0 Å². The van der Waals surface area contributed by atoms with Crippen LogP contribution in [-0.4, -0.2) is 16.6 Å². The Morgan fingerprint density at radius 1 is 1.21 bits per heavy atom. The predicted molar refractivity (Wildman–Crippen MR) is 78.3 cm³/mol. The minimum Gasteiger partial charge on any atom is -0.392 e. The quantitative estimate of drug-likeness (QED) is 0.911. The lowest BCUT2D eigenvalue weighted by atomic mass is 10.2. The molecule has 1 aromatic carbocycles. The molecule has 0 saturated heterocycles. The number of aliphatic hydroxyl groups excluding tert-OH is 1. The third-order valence-electron chi connectivity index (χ3n) is 2.96. The Labute approximate surface area is 118 Å². The summed E-state index contributed by atoms with van der Waals surface area (Å²) in [5.41, 5.74) is 1.94. The average Bonchev–Trinajstić information content (AvgIpc) is 2.46. The zero-order valence-electron chi connectivity index (χ0n) is 10.9. The molecule has 1 aromatic heterocycles. The molecule has 2 aromatic rings. The van der Waals surface area contributed by atoms with E-state index in [0.29, 0.717) is 5.02 Å². The van der Waals surface area contributed by atoms with Crippen molar-refractivity contribution in [1.82, 2.24) is 4.98 Å². The average molecular weight is 277 g/mol. The molecular formula is C15H17ClN2O. The van der Waals surface area contributed by atoms with E-state index in [2.05, 4.69) is 28.9 Å². The lowest BCUT2D eigenvalue weighted by Gasteiger charge is -2.23. The summed E-state index contributed by atoms with van der Waals surface area (Å²) in [4.78, 5) is 6.46. The van der Waals surface area contributed by atoms with E-state index >= 15 is 0 Å². The molecule has 0 unspecified atom stereocenters. The lowest BCUT2D eigenvalue weighted by molar-refractivity contribution is 0.281. The Hall–Kier alpha value is -1.58. The molecule has 0 aliphatic heterocycles.